The fourth-order valence-electron chi connectivity index (χ4n) is 14.0. The van der Waals surface area contributed by atoms with E-state index in [0.717, 1.165) is 56.7 Å². The van der Waals surface area contributed by atoms with E-state index in [1.54, 1.807) is 0 Å². The molecule has 4 heteroatoms. The third kappa shape index (κ3) is 8.24. The number of furan rings is 2. The number of para-hydroxylation sites is 1. The van der Waals surface area contributed by atoms with Crippen molar-refractivity contribution in [1.82, 2.24) is 0 Å². The van der Waals surface area contributed by atoms with Crippen molar-refractivity contribution >= 4 is 107 Å². The van der Waals surface area contributed by atoms with Gasteiger partial charge in [-0.05, 0) is 150 Å². The smallest absolute Gasteiger partial charge is 0.136 e. The van der Waals surface area contributed by atoms with Gasteiger partial charge in [0, 0.05) is 61.9 Å². The number of benzene rings is 11. The van der Waals surface area contributed by atoms with Gasteiger partial charge in [-0.3, -0.25) is 0 Å². The van der Waals surface area contributed by atoms with Crippen LogP contribution < -0.4 is 0 Å². The van der Waals surface area contributed by atoms with Crippen LogP contribution in [0.4, 0.5) is 0 Å². The largest absolute Gasteiger partial charge is 0.456 e. The highest BCUT2D eigenvalue weighted by Gasteiger charge is 2.31. The topological polar surface area (TPSA) is 26.3 Å². The van der Waals surface area contributed by atoms with Gasteiger partial charge < -0.3 is 8.83 Å². The van der Waals surface area contributed by atoms with Gasteiger partial charge in [-0.25, -0.2) is 0 Å². The average Bonchev–Trinajstić information content (AvgIpc) is 4.34. The highest BCUT2D eigenvalue weighted by Crippen LogP contribution is 2.50. The van der Waals surface area contributed by atoms with E-state index in [-0.39, 0.29) is 16.2 Å². The highest BCUT2D eigenvalue weighted by atomic mass is 32.1. The van der Waals surface area contributed by atoms with Gasteiger partial charge in [0.25, 0.3) is 0 Å². The fourth-order valence-corrected chi connectivity index (χ4v) is 16.4. The molecule has 0 N–H and O–H groups in total. The van der Waals surface area contributed by atoms with E-state index in [1.807, 2.05) is 28.7 Å². The van der Waals surface area contributed by atoms with Gasteiger partial charge in [-0.15, -0.1) is 22.7 Å². The molecule has 0 bridgehead atoms. The second-order valence-corrected chi connectivity index (χ2v) is 27.1. The lowest BCUT2D eigenvalue weighted by molar-refractivity contribution is 0.517. The molecule has 0 aliphatic rings. The molecule has 0 atom stereocenters. The molecule has 0 unspecified atom stereocenters. The first kappa shape index (κ1) is 50.4. The van der Waals surface area contributed by atoms with Crippen LogP contribution in [0.1, 0.15) is 76.3 Å². The van der Waals surface area contributed by atoms with E-state index in [0.29, 0.717) is 0 Å². The number of hydrogen-bond donors (Lipinski definition) is 0. The predicted molar refractivity (Wildman–Crippen MR) is 354 cm³/mol. The van der Waals surface area contributed by atoms with Crippen molar-refractivity contribution < 1.29 is 8.83 Å². The summed E-state index contributed by atoms with van der Waals surface area (Å²) < 4.78 is 18.6. The fraction of sp³-hybridized carbons (Fsp3) is 0.154. The number of thiophene rings is 2. The Morgan fingerprint density at radius 2 is 0.768 bits per heavy atom. The lowest BCUT2D eigenvalue weighted by Gasteiger charge is -2.31. The lowest BCUT2D eigenvalue weighted by atomic mass is 9.73. The van der Waals surface area contributed by atoms with Gasteiger partial charge in [-0.1, -0.05) is 224 Å². The molecule has 2 nitrogen and oxygen atoms in total. The molecule has 82 heavy (non-hydrogen) atoms. The Labute approximate surface area is 486 Å². The van der Waals surface area contributed by atoms with Gasteiger partial charge in [0.1, 0.15) is 22.3 Å². The van der Waals surface area contributed by atoms with E-state index in [2.05, 4.69) is 267 Å². The summed E-state index contributed by atoms with van der Waals surface area (Å²) in [6.45, 7) is 16.8. The van der Waals surface area contributed by atoms with Crippen molar-refractivity contribution in [2.75, 3.05) is 0 Å². The summed E-state index contributed by atoms with van der Waals surface area (Å²) in [5.74, 6) is 0. The number of rotatable bonds is 10. The maximum atomic E-state index is 6.80. The Morgan fingerprint density at radius 3 is 1.49 bits per heavy atom. The first-order chi connectivity index (χ1) is 39.8. The monoisotopic (exact) mass is 1090 g/mol. The zero-order valence-corrected chi connectivity index (χ0v) is 49.0. The van der Waals surface area contributed by atoms with Crippen LogP contribution in [0, 0.1) is 0 Å². The van der Waals surface area contributed by atoms with E-state index < -0.39 is 0 Å². The van der Waals surface area contributed by atoms with Crippen LogP contribution in [-0.4, -0.2) is 0 Å². The number of fused-ring (bicyclic) bond motifs is 12. The van der Waals surface area contributed by atoms with Crippen LogP contribution in [0.5, 0.6) is 0 Å². The summed E-state index contributed by atoms with van der Waals surface area (Å²) in [5, 5.41) is 9.90. The van der Waals surface area contributed by atoms with Gasteiger partial charge in [0.15, 0.2) is 0 Å². The molecule has 15 rings (SSSR count). The molecule has 0 aliphatic heterocycles. The summed E-state index contributed by atoms with van der Waals surface area (Å²) in [6.07, 6.45) is 1.71. The molecule has 0 amide bonds. The standard InChI is InChI=1S/C78H62O2S2/c1-76(2,3)74-54(52-25-18-34-66-71(52)58-23-9-13-33-64(58)79-66)28-16-29-55(74)53-26-19-35-67-72(53)61-44-48(40-42-65(61)80-67)46-78(6,7)63-41-39-47(43-60(63)57-31-17-30-56-50-22-10-14-36-68(50)82-75(56)57)45-77(4,5)62-32-12-8-21-49(62)51-27-20-38-70-73(51)59-24-11-15-37-69(59)81-70/h8-44H,45-46H2,1-7H3. The first-order valence-electron chi connectivity index (χ1n) is 28.8. The zero-order chi connectivity index (χ0) is 55.6. The molecule has 0 aliphatic carbocycles. The van der Waals surface area contributed by atoms with Crippen molar-refractivity contribution in [1.29, 1.82) is 0 Å². The molecule has 4 heterocycles. The molecule has 11 aromatic carbocycles. The Hall–Kier alpha value is -8.54. The molecule has 15 aromatic rings. The van der Waals surface area contributed by atoms with Gasteiger partial charge in [0.05, 0.1) is 0 Å². The Bertz CT molecular complexity index is 5040. The Kier molecular flexibility index (Phi) is 11.7. The summed E-state index contributed by atoms with van der Waals surface area (Å²) in [5.41, 5.74) is 19.6. The van der Waals surface area contributed by atoms with E-state index in [9.17, 15) is 0 Å². The molecule has 4 aromatic heterocycles. The molecular formula is C78H62O2S2. The van der Waals surface area contributed by atoms with Crippen molar-refractivity contribution in [2.24, 2.45) is 0 Å². The highest BCUT2D eigenvalue weighted by molar-refractivity contribution is 7.26. The molecule has 0 fully saturated rings. The van der Waals surface area contributed by atoms with Crippen LogP contribution in [0.2, 0.25) is 0 Å². The van der Waals surface area contributed by atoms with Crippen molar-refractivity contribution in [3.63, 3.8) is 0 Å². The summed E-state index contributed by atoms with van der Waals surface area (Å²) in [7, 11) is 0. The summed E-state index contributed by atoms with van der Waals surface area (Å²) in [4.78, 5) is 0. The molecule has 0 spiro atoms. The van der Waals surface area contributed by atoms with Gasteiger partial charge in [-0.2, -0.15) is 0 Å². The average molecular weight is 1100 g/mol. The summed E-state index contributed by atoms with van der Waals surface area (Å²) in [6, 6.07) is 83.4. The SMILES string of the molecule is CC(C)(C)c1c(-c2cccc3oc4ccccc4c23)cccc1-c1cccc2oc3ccc(CC(C)(C)c4ccc(CC(C)(C)c5ccccc5-c5cccc6sc7ccccc7c56)cc4-c4cccc5c4sc4ccccc45)cc3c12. The zero-order valence-electron chi connectivity index (χ0n) is 47.4. The van der Waals surface area contributed by atoms with Gasteiger partial charge in [0.2, 0.25) is 0 Å². The van der Waals surface area contributed by atoms with Crippen LogP contribution in [0.25, 0.3) is 129 Å². The van der Waals surface area contributed by atoms with Crippen LogP contribution in [-0.2, 0) is 29.1 Å². The van der Waals surface area contributed by atoms with Gasteiger partial charge >= 0.3 is 0 Å². The first-order valence-corrected chi connectivity index (χ1v) is 30.4. The summed E-state index contributed by atoms with van der Waals surface area (Å²) >= 11 is 3.80. The normalized spacial score (nSPS) is 12.7. The van der Waals surface area contributed by atoms with Crippen LogP contribution in [0.15, 0.2) is 233 Å². The second-order valence-electron chi connectivity index (χ2n) is 25.0. The predicted octanol–water partition coefficient (Wildman–Crippen LogP) is 23.2. The van der Waals surface area contributed by atoms with Crippen molar-refractivity contribution in [3.8, 4) is 44.5 Å². The minimum absolute atomic E-state index is 0.193. The molecular weight excluding hydrogens is 1030 g/mol. The lowest BCUT2D eigenvalue weighted by Crippen LogP contribution is -2.23. The van der Waals surface area contributed by atoms with E-state index >= 15 is 0 Å². The maximum absolute atomic E-state index is 6.80. The third-order valence-electron chi connectivity index (χ3n) is 17.5. The Balaban J connectivity index is 0.842. The second kappa shape index (κ2) is 19.0. The molecule has 0 saturated heterocycles. The molecule has 0 radical (unpaired) electrons. The maximum Gasteiger partial charge on any atom is 0.136 e. The van der Waals surface area contributed by atoms with Crippen molar-refractivity contribution in [2.45, 2.75) is 77.6 Å². The van der Waals surface area contributed by atoms with Crippen molar-refractivity contribution in [3.05, 3.63) is 252 Å². The minimum atomic E-state index is -0.265. The van der Waals surface area contributed by atoms with E-state index in [4.69, 9.17) is 8.83 Å². The third-order valence-corrected chi connectivity index (χ3v) is 19.9. The molecule has 398 valence electrons. The van der Waals surface area contributed by atoms with Crippen LogP contribution in [0.3, 0.4) is 0 Å². The van der Waals surface area contributed by atoms with E-state index in [1.165, 1.54) is 113 Å². The Morgan fingerprint density at radius 1 is 0.305 bits per heavy atom. The minimum Gasteiger partial charge on any atom is -0.456 e. The van der Waals surface area contributed by atoms with Crippen LogP contribution >= 0.6 is 22.7 Å². The number of hydrogen-bond acceptors (Lipinski definition) is 4. The molecule has 0 saturated carbocycles. The quantitative estimate of drug-likeness (QED) is 0.136.